The molecule has 1 aromatic heterocycles. The van der Waals surface area contributed by atoms with Gasteiger partial charge in [0, 0.05) is 42.6 Å². The molecular formula is C21H25FN2O3. The number of aromatic amines is 1. The molecule has 5 nitrogen and oxygen atoms in total. The van der Waals surface area contributed by atoms with Crippen molar-refractivity contribution in [3.8, 4) is 0 Å². The molecule has 1 fully saturated rings. The summed E-state index contributed by atoms with van der Waals surface area (Å²) in [6.07, 6.45) is 1.41. The second-order valence-electron chi connectivity index (χ2n) is 7.05. The second-order valence-corrected chi connectivity index (χ2v) is 7.05. The zero-order chi connectivity index (χ0) is 19.6. The number of nitrogens with zero attached hydrogens (tertiary/aromatic N) is 1. The lowest BCUT2D eigenvalue weighted by Crippen LogP contribution is -2.43. The first-order chi connectivity index (χ1) is 12.9. The average Bonchev–Trinajstić information content (AvgIpc) is 2.95. The van der Waals surface area contributed by atoms with E-state index in [4.69, 9.17) is 4.74 Å². The Morgan fingerprint density at radius 1 is 1.22 bits per heavy atom. The predicted octanol–water partition coefficient (Wildman–Crippen LogP) is 3.79. The number of Topliss-reactive ketones (excluding diaryl/α,β-unsaturated/α-hetero) is 1. The molecule has 1 aromatic carbocycles. The Hall–Kier alpha value is -2.47. The molecule has 2 heterocycles. The van der Waals surface area contributed by atoms with E-state index in [1.807, 2.05) is 0 Å². The lowest BCUT2D eigenvalue weighted by Gasteiger charge is -2.34. The van der Waals surface area contributed by atoms with Crippen LogP contribution in [0.2, 0.25) is 0 Å². The van der Waals surface area contributed by atoms with Gasteiger partial charge in [0.25, 0.3) is 5.91 Å². The van der Waals surface area contributed by atoms with Crippen LogP contribution < -0.4 is 0 Å². The molecule has 0 unspecified atom stereocenters. The molecule has 0 radical (unpaired) electrons. The minimum Gasteiger partial charge on any atom is -0.381 e. The molecule has 0 bridgehead atoms. The van der Waals surface area contributed by atoms with E-state index in [9.17, 15) is 14.0 Å². The molecule has 6 heteroatoms. The number of benzene rings is 1. The molecule has 0 spiro atoms. The largest absolute Gasteiger partial charge is 0.381 e. The van der Waals surface area contributed by atoms with E-state index in [-0.39, 0.29) is 30.1 Å². The van der Waals surface area contributed by atoms with Crippen LogP contribution in [0.15, 0.2) is 24.3 Å². The van der Waals surface area contributed by atoms with Crippen LogP contribution in [-0.4, -0.2) is 40.8 Å². The van der Waals surface area contributed by atoms with E-state index in [1.54, 1.807) is 36.9 Å². The molecule has 1 amide bonds. The molecule has 27 heavy (non-hydrogen) atoms. The quantitative estimate of drug-likeness (QED) is 0.812. The first-order valence-electron chi connectivity index (χ1n) is 9.22. The SMILES string of the molecule is CC(=O)c1c(C)[nH]c(C(=O)N(Cc2ccccc2F)C2CCOCC2)c1C. The lowest BCUT2D eigenvalue weighted by molar-refractivity contribution is 0.0261. The monoisotopic (exact) mass is 372 g/mol. The Balaban J connectivity index is 1.97. The van der Waals surface area contributed by atoms with Crippen LogP contribution in [0.4, 0.5) is 4.39 Å². The number of carbonyl (C=O) groups excluding carboxylic acids is 2. The summed E-state index contributed by atoms with van der Waals surface area (Å²) >= 11 is 0. The average molecular weight is 372 g/mol. The van der Waals surface area contributed by atoms with Gasteiger partial charge in [-0.15, -0.1) is 0 Å². The van der Waals surface area contributed by atoms with Crippen LogP contribution in [0.3, 0.4) is 0 Å². The van der Waals surface area contributed by atoms with Gasteiger partial charge in [-0.2, -0.15) is 0 Å². The van der Waals surface area contributed by atoms with E-state index in [0.717, 1.165) is 0 Å². The molecule has 1 N–H and O–H groups in total. The number of ether oxygens (including phenoxy) is 1. The van der Waals surface area contributed by atoms with Crippen LogP contribution >= 0.6 is 0 Å². The van der Waals surface area contributed by atoms with E-state index in [2.05, 4.69) is 4.98 Å². The molecule has 1 aliphatic rings. The third kappa shape index (κ3) is 3.95. The van der Waals surface area contributed by atoms with Crippen LogP contribution in [0.25, 0.3) is 0 Å². The van der Waals surface area contributed by atoms with E-state index in [0.29, 0.717) is 54.1 Å². The molecule has 2 aromatic rings. The van der Waals surface area contributed by atoms with E-state index < -0.39 is 0 Å². The number of amides is 1. The number of nitrogens with one attached hydrogen (secondary N) is 1. The van der Waals surface area contributed by atoms with Crippen molar-refractivity contribution in [1.82, 2.24) is 9.88 Å². The molecule has 1 aliphatic heterocycles. The fraction of sp³-hybridized carbons (Fsp3) is 0.429. The third-order valence-corrected chi connectivity index (χ3v) is 5.19. The van der Waals surface area contributed by atoms with Gasteiger partial charge in [0.2, 0.25) is 0 Å². The van der Waals surface area contributed by atoms with Crippen LogP contribution in [0, 0.1) is 19.7 Å². The zero-order valence-electron chi connectivity index (χ0n) is 16.0. The summed E-state index contributed by atoms with van der Waals surface area (Å²) in [5.41, 5.74) is 2.76. The highest BCUT2D eigenvalue weighted by Gasteiger charge is 2.30. The van der Waals surface area contributed by atoms with Gasteiger partial charge < -0.3 is 14.6 Å². The number of rotatable bonds is 5. The van der Waals surface area contributed by atoms with Gasteiger partial charge in [0.1, 0.15) is 11.5 Å². The highest BCUT2D eigenvalue weighted by atomic mass is 19.1. The Labute approximate surface area is 158 Å². The molecule has 1 saturated heterocycles. The third-order valence-electron chi connectivity index (χ3n) is 5.19. The van der Waals surface area contributed by atoms with Gasteiger partial charge in [0.05, 0.1) is 0 Å². The Morgan fingerprint density at radius 2 is 1.89 bits per heavy atom. The lowest BCUT2D eigenvalue weighted by atomic mass is 10.0. The summed E-state index contributed by atoms with van der Waals surface area (Å²) in [6, 6.07) is 6.47. The number of hydrogen-bond donors (Lipinski definition) is 1. The number of halogens is 1. The highest BCUT2D eigenvalue weighted by molar-refractivity contribution is 6.02. The van der Waals surface area contributed by atoms with Crippen LogP contribution in [0.1, 0.15) is 57.4 Å². The fourth-order valence-corrected chi connectivity index (χ4v) is 3.81. The summed E-state index contributed by atoms with van der Waals surface area (Å²) in [5.74, 6) is -0.614. The Kier molecular flexibility index (Phi) is 5.75. The fourth-order valence-electron chi connectivity index (χ4n) is 3.81. The summed E-state index contributed by atoms with van der Waals surface area (Å²) in [7, 11) is 0. The molecule has 0 aliphatic carbocycles. The maximum atomic E-state index is 14.2. The Morgan fingerprint density at radius 3 is 2.48 bits per heavy atom. The van der Waals surface area contributed by atoms with E-state index >= 15 is 0 Å². The number of hydrogen-bond acceptors (Lipinski definition) is 3. The van der Waals surface area contributed by atoms with Gasteiger partial charge in [-0.1, -0.05) is 18.2 Å². The summed E-state index contributed by atoms with van der Waals surface area (Å²) in [4.78, 5) is 30.1. The van der Waals surface area contributed by atoms with Crippen molar-refractivity contribution in [2.45, 2.75) is 46.2 Å². The highest BCUT2D eigenvalue weighted by Crippen LogP contribution is 2.25. The first kappa shape index (κ1) is 19.3. The van der Waals surface area contributed by atoms with Crippen molar-refractivity contribution in [3.05, 3.63) is 58.2 Å². The molecule has 3 rings (SSSR count). The van der Waals surface area contributed by atoms with Crippen molar-refractivity contribution in [1.29, 1.82) is 0 Å². The summed E-state index contributed by atoms with van der Waals surface area (Å²) in [6.45, 7) is 6.39. The molecular weight excluding hydrogens is 347 g/mol. The minimum atomic E-state index is -0.328. The normalized spacial score (nSPS) is 15.0. The van der Waals surface area contributed by atoms with E-state index in [1.165, 1.54) is 13.0 Å². The second kappa shape index (κ2) is 8.05. The number of H-pyrrole nitrogens is 1. The smallest absolute Gasteiger partial charge is 0.271 e. The Bertz CT molecular complexity index is 853. The van der Waals surface area contributed by atoms with Crippen molar-refractivity contribution in [3.63, 3.8) is 0 Å². The maximum Gasteiger partial charge on any atom is 0.271 e. The van der Waals surface area contributed by atoms with Gasteiger partial charge in [-0.25, -0.2) is 4.39 Å². The van der Waals surface area contributed by atoms with Gasteiger partial charge >= 0.3 is 0 Å². The molecule has 0 atom stereocenters. The standard InChI is InChI=1S/C21H25FN2O3/c1-13-19(15(3)25)14(2)23-20(13)21(26)24(17-8-10-27-11-9-17)12-16-6-4-5-7-18(16)22/h4-7,17,23H,8-12H2,1-3H3. The number of aryl methyl sites for hydroxylation is 1. The topological polar surface area (TPSA) is 62.4 Å². The molecule has 144 valence electrons. The number of ketones is 1. The number of carbonyl (C=O) groups is 2. The number of aromatic nitrogens is 1. The van der Waals surface area contributed by atoms with Crippen LogP contribution in [0.5, 0.6) is 0 Å². The predicted molar refractivity (Wildman–Crippen MR) is 100 cm³/mol. The van der Waals surface area contributed by atoms with Crippen molar-refractivity contribution < 1.29 is 18.7 Å². The van der Waals surface area contributed by atoms with Gasteiger partial charge in [-0.3, -0.25) is 9.59 Å². The van der Waals surface area contributed by atoms with Crippen molar-refractivity contribution in [2.75, 3.05) is 13.2 Å². The minimum absolute atomic E-state index is 0.0327. The van der Waals surface area contributed by atoms with Gasteiger partial charge in [0.15, 0.2) is 5.78 Å². The molecule has 0 saturated carbocycles. The van der Waals surface area contributed by atoms with Gasteiger partial charge in [-0.05, 0) is 45.2 Å². The van der Waals surface area contributed by atoms with Crippen molar-refractivity contribution >= 4 is 11.7 Å². The van der Waals surface area contributed by atoms with Crippen molar-refractivity contribution in [2.24, 2.45) is 0 Å². The summed E-state index contributed by atoms with van der Waals surface area (Å²) < 4.78 is 19.6. The zero-order valence-corrected chi connectivity index (χ0v) is 16.0. The maximum absolute atomic E-state index is 14.2. The summed E-state index contributed by atoms with van der Waals surface area (Å²) in [5, 5.41) is 0. The van der Waals surface area contributed by atoms with Crippen LogP contribution in [-0.2, 0) is 11.3 Å². The first-order valence-corrected chi connectivity index (χ1v) is 9.22.